The zero-order valence-electron chi connectivity index (χ0n) is 19.4. The van der Waals surface area contributed by atoms with Crippen molar-refractivity contribution in [3.8, 4) is 11.8 Å². The first-order valence-corrected chi connectivity index (χ1v) is 11.3. The van der Waals surface area contributed by atoms with E-state index in [1.165, 1.54) is 0 Å². The van der Waals surface area contributed by atoms with Crippen LogP contribution in [0.15, 0.2) is 97.1 Å². The van der Waals surface area contributed by atoms with Crippen LogP contribution in [-0.2, 0) is 16.6 Å². The van der Waals surface area contributed by atoms with Crippen molar-refractivity contribution in [1.82, 2.24) is 0 Å². The smallest absolute Gasteiger partial charge is 0.325 e. The molecule has 0 spiro atoms. The minimum Gasteiger partial charge on any atom is -0.496 e. The third-order valence-corrected chi connectivity index (χ3v) is 6.94. The van der Waals surface area contributed by atoms with Gasteiger partial charge in [-0.2, -0.15) is 5.26 Å². The molecule has 0 heterocycles. The van der Waals surface area contributed by atoms with E-state index in [0.29, 0.717) is 17.7 Å². The van der Waals surface area contributed by atoms with Gasteiger partial charge in [0.1, 0.15) is 5.75 Å². The van der Waals surface area contributed by atoms with Crippen molar-refractivity contribution in [3.63, 3.8) is 0 Å². The van der Waals surface area contributed by atoms with Crippen LogP contribution in [0, 0.1) is 16.7 Å². The van der Waals surface area contributed by atoms with Gasteiger partial charge in [0.15, 0.2) is 5.41 Å². The largest absolute Gasteiger partial charge is 0.496 e. The van der Waals surface area contributed by atoms with Crippen LogP contribution in [0.2, 0.25) is 0 Å². The van der Waals surface area contributed by atoms with E-state index in [4.69, 9.17) is 4.74 Å². The van der Waals surface area contributed by atoms with Crippen molar-refractivity contribution < 1.29 is 14.6 Å². The summed E-state index contributed by atoms with van der Waals surface area (Å²) in [5.41, 5.74) is -0.716. The maximum absolute atomic E-state index is 13.3. The number of nitrogens with zero attached hydrogens (tertiary/aromatic N) is 1. The number of benzene rings is 4. The van der Waals surface area contributed by atoms with Crippen LogP contribution in [0.25, 0.3) is 10.8 Å². The summed E-state index contributed by atoms with van der Waals surface area (Å²) in [7, 11) is 1.58. The number of carboxylic acids is 1. The number of nitriles is 1. The second kappa shape index (κ2) is 9.41. The van der Waals surface area contributed by atoms with Crippen LogP contribution in [0.3, 0.4) is 0 Å². The van der Waals surface area contributed by atoms with E-state index in [9.17, 15) is 15.2 Å². The fourth-order valence-electron chi connectivity index (χ4n) is 5.38. The summed E-state index contributed by atoms with van der Waals surface area (Å²) in [6.07, 6.45) is 0.433. The molecule has 34 heavy (non-hydrogen) atoms. The molecular weight excluding hydrogens is 422 g/mol. The van der Waals surface area contributed by atoms with Crippen molar-refractivity contribution >= 4 is 16.7 Å². The number of carbonyl (C=O) groups is 1. The summed E-state index contributed by atoms with van der Waals surface area (Å²) in [6, 6.07) is 33.0. The lowest BCUT2D eigenvalue weighted by Gasteiger charge is -2.45. The second-order valence-corrected chi connectivity index (χ2v) is 8.47. The number of carboxylic acid groups (broad SMARTS) is 1. The number of hydrogen-bond donors (Lipinski definition) is 1. The predicted molar refractivity (Wildman–Crippen MR) is 134 cm³/mol. The van der Waals surface area contributed by atoms with E-state index in [1.54, 1.807) is 7.11 Å². The van der Waals surface area contributed by atoms with E-state index < -0.39 is 16.8 Å². The van der Waals surface area contributed by atoms with E-state index in [2.05, 4.69) is 6.07 Å². The molecule has 4 aromatic carbocycles. The van der Waals surface area contributed by atoms with Crippen LogP contribution in [0.4, 0.5) is 0 Å². The quantitative estimate of drug-likeness (QED) is 0.339. The molecule has 0 amide bonds. The molecule has 0 aliphatic carbocycles. The van der Waals surface area contributed by atoms with Gasteiger partial charge < -0.3 is 9.84 Å². The van der Waals surface area contributed by atoms with Gasteiger partial charge in [-0.15, -0.1) is 0 Å². The Morgan fingerprint density at radius 1 is 0.882 bits per heavy atom. The molecule has 2 unspecified atom stereocenters. The number of para-hydroxylation sites is 1. The van der Waals surface area contributed by atoms with Gasteiger partial charge in [-0.25, -0.2) is 0 Å². The lowest BCUT2D eigenvalue weighted by Crippen LogP contribution is -2.52. The fourth-order valence-corrected chi connectivity index (χ4v) is 5.38. The van der Waals surface area contributed by atoms with Gasteiger partial charge in [-0.05, 0) is 34.4 Å². The molecule has 0 radical (unpaired) electrons. The normalized spacial score (nSPS) is 14.5. The van der Waals surface area contributed by atoms with Crippen molar-refractivity contribution in [1.29, 1.82) is 5.26 Å². The standard InChI is InChI=1S/C30H27NO3/c1-3-30(26-17-9-10-19-27(26)34-2,25-18-11-15-23-14-7-8-16-24(23)25)29(21-31,28(32)33)20-22-12-5-4-6-13-22/h4-19H,3,20H2,1-2H3,(H,32,33). The molecule has 0 bridgehead atoms. The van der Waals surface area contributed by atoms with Crippen molar-refractivity contribution in [2.24, 2.45) is 5.41 Å². The Bertz CT molecular complexity index is 1350. The maximum atomic E-state index is 13.3. The van der Waals surface area contributed by atoms with Crippen molar-refractivity contribution in [2.75, 3.05) is 7.11 Å². The molecule has 0 aromatic heterocycles. The summed E-state index contributed by atoms with van der Waals surface area (Å²) in [6.45, 7) is 1.95. The van der Waals surface area contributed by atoms with Crippen LogP contribution in [0.5, 0.6) is 5.75 Å². The van der Waals surface area contributed by atoms with Gasteiger partial charge in [0.05, 0.1) is 18.6 Å². The lowest BCUT2D eigenvalue weighted by molar-refractivity contribution is -0.148. The number of ether oxygens (including phenoxy) is 1. The number of rotatable bonds is 8. The summed E-state index contributed by atoms with van der Waals surface area (Å²) >= 11 is 0. The molecule has 4 nitrogen and oxygen atoms in total. The summed E-state index contributed by atoms with van der Waals surface area (Å²) in [5.74, 6) is -0.592. The Hall–Kier alpha value is -4.10. The van der Waals surface area contributed by atoms with Crippen molar-refractivity contribution in [3.05, 3.63) is 114 Å². The highest BCUT2D eigenvalue weighted by atomic mass is 16.5. The van der Waals surface area contributed by atoms with Gasteiger partial charge in [-0.1, -0.05) is 97.9 Å². The summed E-state index contributed by atoms with van der Waals surface area (Å²) in [4.78, 5) is 13.3. The van der Waals surface area contributed by atoms with Crippen molar-refractivity contribution in [2.45, 2.75) is 25.2 Å². The van der Waals surface area contributed by atoms with E-state index in [1.807, 2.05) is 104 Å². The monoisotopic (exact) mass is 449 g/mol. The molecule has 1 N–H and O–H groups in total. The first kappa shape index (κ1) is 23.1. The SMILES string of the molecule is CCC(c1ccccc1OC)(c1cccc2ccccc12)C(C#N)(Cc1ccccc1)C(=O)O. The molecule has 0 saturated carbocycles. The fraction of sp³-hybridized carbons (Fsp3) is 0.200. The number of hydrogen-bond acceptors (Lipinski definition) is 3. The van der Waals surface area contributed by atoms with Gasteiger partial charge in [-0.3, -0.25) is 4.79 Å². The van der Waals surface area contributed by atoms with E-state index >= 15 is 0 Å². The van der Waals surface area contributed by atoms with Gasteiger partial charge in [0, 0.05) is 12.0 Å². The molecule has 0 fully saturated rings. The van der Waals surface area contributed by atoms with Crippen LogP contribution in [0.1, 0.15) is 30.0 Å². The van der Waals surface area contributed by atoms with Gasteiger partial charge in [0.2, 0.25) is 0 Å². The topological polar surface area (TPSA) is 70.3 Å². The Morgan fingerprint density at radius 2 is 1.50 bits per heavy atom. The molecule has 2 atom stereocenters. The third kappa shape index (κ3) is 3.50. The Labute approximate surface area is 200 Å². The zero-order valence-corrected chi connectivity index (χ0v) is 19.4. The van der Waals surface area contributed by atoms with E-state index in [-0.39, 0.29) is 6.42 Å². The molecule has 4 rings (SSSR count). The molecule has 4 heteroatoms. The third-order valence-electron chi connectivity index (χ3n) is 6.94. The average Bonchev–Trinajstić information content (AvgIpc) is 2.89. The molecule has 0 aliphatic rings. The molecule has 170 valence electrons. The average molecular weight is 450 g/mol. The highest BCUT2D eigenvalue weighted by Crippen LogP contribution is 2.55. The Balaban J connectivity index is 2.18. The minimum atomic E-state index is -1.80. The maximum Gasteiger partial charge on any atom is 0.325 e. The first-order valence-electron chi connectivity index (χ1n) is 11.3. The number of fused-ring (bicyclic) bond motifs is 1. The van der Waals surface area contributed by atoms with Crippen LogP contribution >= 0.6 is 0 Å². The number of methoxy groups -OCH3 is 1. The first-order chi connectivity index (χ1) is 16.5. The lowest BCUT2D eigenvalue weighted by atomic mass is 9.53. The Kier molecular flexibility index (Phi) is 6.38. The summed E-state index contributed by atoms with van der Waals surface area (Å²) in [5, 5.41) is 23.5. The molecule has 4 aromatic rings. The molecular formula is C30H27NO3. The minimum absolute atomic E-state index is 0.0504. The zero-order chi connectivity index (χ0) is 24.2. The number of aliphatic carboxylic acids is 1. The predicted octanol–water partition coefficient (Wildman–Crippen LogP) is 6.38. The summed E-state index contributed by atoms with van der Waals surface area (Å²) < 4.78 is 5.75. The van der Waals surface area contributed by atoms with Gasteiger partial charge >= 0.3 is 5.97 Å². The molecule has 0 aliphatic heterocycles. The molecule has 0 saturated heterocycles. The van der Waals surface area contributed by atoms with E-state index in [0.717, 1.165) is 21.9 Å². The van der Waals surface area contributed by atoms with Gasteiger partial charge in [0.25, 0.3) is 0 Å². The second-order valence-electron chi connectivity index (χ2n) is 8.47. The van der Waals surface area contributed by atoms with Crippen LogP contribution in [-0.4, -0.2) is 18.2 Å². The Morgan fingerprint density at radius 3 is 2.18 bits per heavy atom. The van der Waals surface area contributed by atoms with Crippen LogP contribution < -0.4 is 4.74 Å². The highest BCUT2D eigenvalue weighted by Gasteiger charge is 2.60. The highest BCUT2D eigenvalue weighted by molar-refractivity contribution is 5.91.